The molecule has 0 aromatic rings. The summed E-state index contributed by atoms with van der Waals surface area (Å²) in [6.45, 7) is 19.0. The number of carboxylic acids is 1. The molecule has 37 heavy (non-hydrogen) atoms. The number of hydrogen-bond donors (Lipinski definition) is 4. The molecule has 0 radical (unpaired) electrons. The number of carbonyl (C=O) groups is 1. The van der Waals surface area contributed by atoms with Gasteiger partial charge in [0.05, 0.1) is 18.1 Å². The molecule has 4 aliphatic carbocycles. The Balaban J connectivity index is 1.75. The minimum absolute atomic E-state index is 0.158. The largest absolute Gasteiger partial charge is 0.481 e. The Labute approximate surface area is 223 Å². The molecule has 0 bridgehead atoms. The zero-order valence-electron chi connectivity index (χ0n) is 24.0. The molecule has 0 heterocycles. The molecule has 4 N–H and O–H groups in total. The van der Waals surface area contributed by atoms with Crippen LogP contribution in [0.25, 0.3) is 0 Å². The van der Waals surface area contributed by atoms with Gasteiger partial charge >= 0.3 is 5.97 Å². The zero-order valence-corrected chi connectivity index (χ0v) is 24.0. The van der Waals surface area contributed by atoms with E-state index >= 15 is 0 Å². The topological polar surface area (TPSA) is 107 Å². The summed E-state index contributed by atoms with van der Waals surface area (Å²) in [4.78, 5) is 18.1. The first kappa shape index (κ1) is 28.8. The van der Waals surface area contributed by atoms with Gasteiger partial charge in [0.2, 0.25) is 0 Å². The van der Waals surface area contributed by atoms with E-state index in [2.05, 4.69) is 47.3 Å². The van der Waals surface area contributed by atoms with Crippen LogP contribution in [-0.2, 0) is 9.68 Å². The fourth-order valence-electron chi connectivity index (χ4n) is 9.75. The van der Waals surface area contributed by atoms with E-state index < -0.39 is 40.5 Å². The summed E-state index contributed by atoms with van der Waals surface area (Å²) in [5.41, 5.74) is -0.324. The van der Waals surface area contributed by atoms with E-state index in [1.54, 1.807) is 0 Å². The summed E-state index contributed by atoms with van der Waals surface area (Å²) < 4.78 is 0. The van der Waals surface area contributed by atoms with Crippen LogP contribution in [0.2, 0.25) is 0 Å². The van der Waals surface area contributed by atoms with Crippen LogP contribution in [0, 0.1) is 45.3 Å². The van der Waals surface area contributed by atoms with Gasteiger partial charge in [-0.15, -0.1) is 0 Å². The Bertz CT molecular complexity index is 969. The summed E-state index contributed by atoms with van der Waals surface area (Å²) in [7, 11) is 0. The minimum atomic E-state index is -0.901. The van der Waals surface area contributed by atoms with Gasteiger partial charge < -0.3 is 15.3 Å². The fourth-order valence-corrected chi connectivity index (χ4v) is 9.75. The summed E-state index contributed by atoms with van der Waals surface area (Å²) in [5.74, 6) is -1.34. The molecule has 3 saturated carbocycles. The Kier molecular flexibility index (Phi) is 7.14. The zero-order chi connectivity index (χ0) is 27.8. The standard InChI is InChI=1S/C31H50O6/c1-18(2)19(3)9-10-20(26(34)35)25-23(32)17-30(8)22-12-16-31(37-36)27(4,5)24(33)13-15-28(31,6)21(22)11-14-29(25,30)7/h11,18,20,22-25,32-33,36H,3,9-10,12-17H2,1-2,4-8H3,(H,34,35)/t20-,22?,23-,24+,25+,28-,29-,30+,31-/m1/s1. The van der Waals surface area contributed by atoms with E-state index in [-0.39, 0.29) is 22.7 Å². The first-order valence-corrected chi connectivity index (χ1v) is 14.3. The summed E-state index contributed by atoms with van der Waals surface area (Å²) >= 11 is 0. The maximum Gasteiger partial charge on any atom is 0.306 e. The average molecular weight is 519 g/mol. The second-order valence-electron chi connectivity index (χ2n) is 14.4. The van der Waals surface area contributed by atoms with Crippen LogP contribution >= 0.6 is 0 Å². The lowest BCUT2D eigenvalue weighted by atomic mass is 9.39. The molecule has 0 aromatic heterocycles. The number of allylic oxidation sites excluding steroid dienone is 2. The van der Waals surface area contributed by atoms with Crippen molar-refractivity contribution in [1.82, 2.24) is 0 Å². The molecule has 0 amide bonds. The molecular formula is C31H50O6. The molecule has 6 nitrogen and oxygen atoms in total. The highest BCUT2D eigenvalue weighted by Crippen LogP contribution is 2.74. The van der Waals surface area contributed by atoms with Gasteiger partial charge in [0.25, 0.3) is 0 Å². The van der Waals surface area contributed by atoms with Crippen molar-refractivity contribution in [2.75, 3.05) is 0 Å². The number of aliphatic hydroxyl groups excluding tert-OH is 2. The van der Waals surface area contributed by atoms with E-state index in [1.807, 2.05) is 13.8 Å². The van der Waals surface area contributed by atoms with Crippen LogP contribution in [0.1, 0.15) is 99.8 Å². The van der Waals surface area contributed by atoms with Crippen LogP contribution < -0.4 is 0 Å². The highest BCUT2D eigenvalue weighted by molar-refractivity contribution is 5.71. The number of aliphatic hydroxyl groups is 2. The maximum absolute atomic E-state index is 12.6. The van der Waals surface area contributed by atoms with Gasteiger partial charge in [-0.2, -0.15) is 0 Å². The van der Waals surface area contributed by atoms with Gasteiger partial charge in [-0.1, -0.05) is 72.3 Å². The highest BCUT2D eigenvalue weighted by atomic mass is 17.1. The van der Waals surface area contributed by atoms with Crippen LogP contribution in [0.3, 0.4) is 0 Å². The van der Waals surface area contributed by atoms with Crippen LogP contribution in [0.5, 0.6) is 0 Å². The monoisotopic (exact) mass is 518 g/mol. The molecule has 0 spiro atoms. The van der Waals surface area contributed by atoms with Crippen molar-refractivity contribution in [2.24, 2.45) is 45.3 Å². The molecule has 9 atom stereocenters. The number of carboxylic acid groups (broad SMARTS) is 1. The van der Waals surface area contributed by atoms with Crippen molar-refractivity contribution in [2.45, 2.75) is 118 Å². The van der Waals surface area contributed by atoms with Crippen LogP contribution in [0.4, 0.5) is 0 Å². The second-order valence-corrected chi connectivity index (χ2v) is 14.4. The Morgan fingerprint density at radius 3 is 2.32 bits per heavy atom. The molecule has 6 heteroatoms. The lowest BCUT2D eigenvalue weighted by Gasteiger charge is -2.67. The van der Waals surface area contributed by atoms with E-state index in [0.29, 0.717) is 50.9 Å². The lowest BCUT2D eigenvalue weighted by molar-refractivity contribution is -0.403. The van der Waals surface area contributed by atoms with E-state index in [0.717, 1.165) is 12.0 Å². The smallest absolute Gasteiger partial charge is 0.306 e. The Hall–Kier alpha value is -1.21. The average Bonchev–Trinajstić information content (AvgIpc) is 3.02. The van der Waals surface area contributed by atoms with Crippen molar-refractivity contribution in [3.63, 3.8) is 0 Å². The molecule has 0 aliphatic heterocycles. The van der Waals surface area contributed by atoms with Crippen LogP contribution in [0.15, 0.2) is 23.8 Å². The lowest BCUT2D eigenvalue weighted by Crippen LogP contribution is -2.69. The van der Waals surface area contributed by atoms with Gasteiger partial charge in [-0.3, -0.25) is 10.1 Å². The normalized spacial score (nSPS) is 45.4. The molecule has 0 saturated heterocycles. The molecule has 1 unspecified atom stereocenters. The SMILES string of the molecule is C=C(CC[C@@H](C(=O)O)[C@H]1[C@H](O)C[C@@]2(C)C3CC[C@@]4(OO)C(C)(C)[C@@H](O)CC[C@]4(C)C3=CC[C@]12C)C(C)C. The minimum Gasteiger partial charge on any atom is -0.481 e. The molecule has 4 rings (SSSR count). The third-order valence-corrected chi connectivity index (χ3v) is 12.6. The van der Waals surface area contributed by atoms with Crippen molar-refractivity contribution in [3.05, 3.63) is 23.8 Å². The Morgan fingerprint density at radius 1 is 1.11 bits per heavy atom. The first-order valence-electron chi connectivity index (χ1n) is 14.3. The van der Waals surface area contributed by atoms with Crippen molar-refractivity contribution < 1.29 is 30.3 Å². The van der Waals surface area contributed by atoms with Gasteiger partial charge in [0, 0.05) is 16.7 Å². The van der Waals surface area contributed by atoms with Gasteiger partial charge in [0.1, 0.15) is 5.60 Å². The maximum atomic E-state index is 12.6. The predicted molar refractivity (Wildman–Crippen MR) is 144 cm³/mol. The predicted octanol–water partition coefficient (Wildman–Crippen LogP) is 6.23. The second kappa shape index (κ2) is 9.18. The van der Waals surface area contributed by atoms with Gasteiger partial charge in [0.15, 0.2) is 0 Å². The number of aliphatic carboxylic acids is 1. The van der Waals surface area contributed by atoms with Gasteiger partial charge in [-0.25, -0.2) is 4.89 Å². The third-order valence-electron chi connectivity index (χ3n) is 12.6. The quantitative estimate of drug-likeness (QED) is 0.181. The van der Waals surface area contributed by atoms with E-state index in [1.165, 1.54) is 5.57 Å². The molecule has 4 aliphatic rings. The number of hydrogen-bond acceptors (Lipinski definition) is 5. The number of rotatable bonds is 7. The molecule has 0 aromatic carbocycles. The summed E-state index contributed by atoms with van der Waals surface area (Å²) in [5, 5.41) is 43.2. The van der Waals surface area contributed by atoms with Crippen LogP contribution in [-0.4, -0.2) is 44.4 Å². The first-order chi connectivity index (χ1) is 17.0. The van der Waals surface area contributed by atoms with E-state index in [9.17, 15) is 25.4 Å². The number of fused-ring (bicyclic) bond motifs is 5. The molecule has 3 fully saturated rings. The van der Waals surface area contributed by atoms with Crippen molar-refractivity contribution >= 4 is 5.97 Å². The highest BCUT2D eigenvalue weighted by Gasteiger charge is 2.72. The third kappa shape index (κ3) is 3.68. The van der Waals surface area contributed by atoms with Crippen molar-refractivity contribution in [3.8, 4) is 0 Å². The molecular weight excluding hydrogens is 468 g/mol. The summed E-state index contributed by atoms with van der Waals surface area (Å²) in [6, 6.07) is 0. The molecule has 210 valence electrons. The van der Waals surface area contributed by atoms with Gasteiger partial charge in [-0.05, 0) is 74.0 Å². The summed E-state index contributed by atoms with van der Waals surface area (Å²) in [6.07, 6.45) is 6.18. The fraction of sp³-hybridized carbons (Fsp3) is 0.839. The van der Waals surface area contributed by atoms with E-state index in [4.69, 9.17) is 4.89 Å². The van der Waals surface area contributed by atoms with Crippen molar-refractivity contribution in [1.29, 1.82) is 0 Å². The Morgan fingerprint density at radius 2 is 1.76 bits per heavy atom.